The number of hydrogen-bond donors (Lipinski definition) is 1. The van der Waals surface area contributed by atoms with Crippen molar-refractivity contribution in [2.45, 2.75) is 39.2 Å². The van der Waals surface area contributed by atoms with Gasteiger partial charge in [-0.25, -0.2) is 9.18 Å². The van der Waals surface area contributed by atoms with Gasteiger partial charge < -0.3 is 19.9 Å². The maximum absolute atomic E-state index is 13.7. The smallest absolute Gasteiger partial charge is 0.408 e. The summed E-state index contributed by atoms with van der Waals surface area (Å²) in [5.74, 6) is -0.781. The van der Waals surface area contributed by atoms with Crippen LogP contribution in [0.1, 0.15) is 32.8 Å². The van der Waals surface area contributed by atoms with Crippen LogP contribution >= 0.6 is 0 Å². The van der Waals surface area contributed by atoms with Crippen molar-refractivity contribution in [1.82, 2.24) is 15.1 Å². The lowest BCUT2D eigenvalue weighted by Gasteiger charge is -2.23. The average molecular weight is 393 g/mol. The van der Waals surface area contributed by atoms with Crippen molar-refractivity contribution in [2.24, 2.45) is 0 Å². The summed E-state index contributed by atoms with van der Waals surface area (Å²) in [7, 11) is 0. The lowest BCUT2D eigenvalue weighted by atomic mass is 10.1. The largest absolute Gasteiger partial charge is 0.444 e. The van der Waals surface area contributed by atoms with Gasteiger partial charge in [0, 0.05) is 26.2 Å². The van der Waals surface area contributed by atoms with Gasteiger partial charge in [0.05, 0.1) is 6.42 Å². The molecule has 0 radical (unpaired) electrons. The van der Waals surface area contributed by atoms with Gasteiger partial charge in [-0.2, -0.15) is 0 Å². The van der Waals surface area contributed by atoms with Gasteiger partial charge in [0.25, 0.3) is 0 Å². The van der Waals surface area contributed by atoms with Gasteiger partial charge in [-0.1, -0.05) is 18.2 Å². The van der Waals surface area contributed by atoms with E-state index in [0.29, 0.717) is 38.2 Å². The third-order valence-corrected chi connectivity index (χ3v) is 4.28. The molecule has 1 aliphatic rings. The number of rotatable bonds is 4. The molecular weight excluding hydrogens is 365 g/mol. The molecule has 28 heavy (non-hydrogen) atoms. The van der Waals surface area contributed by atoms with Crippen LogP contribution in [0, 0.1) is 5.82 Å². The van der Waals surface area contributed by atoms with Crippen LogP contribution in [0.2, 0.25) is 0 Å². The molecule has 0 bridgehead atoms. The molecule has 0 saturated carbocycles. The van der Waals surface area contributed by atoms with E-state index in [4.69, 9.17) is 4.74 Å². The number of carbonyl (C=O) groups excluding carboxylic acids is 3. The molecule has 8 heteroatoms. The molecule has 0 atom stereocenters. The highest BCUT2D eigenvalue weighted by Gasteiger charge is 2.23. The number of alkyl carbamates (subject to hydrolysis) is 1. The minimum atomic E-state index is -0.641. The quantitative estimate of drug-likeness (QED) is 0.848. The fourth-order valence-corrected chi connectivity index (χ4v) is 2.91. The minimum Gasteiger partial charge on any atom is -0.444 e. The zero-order valence-electron chi connectivity index (χ0n) is 16.7. The van der Waals surface area contributed by atoms with Crippen LogP contribution in [-0.2, 0) is 20.7 Å². The number of halogens is 1. The number of ether oxygens (including phenoxy) is 1. The first-order chi connectivity index (χ1) is 13.2. The van der Waals surface area contributed by atoms with E-state index >= 15 is 0 Å². The van der Waals surface area contributed by atoms with Gasteiger partial charge >= 0.3 is 6.09 Å². The number of amides is 3. The predicted molar refractivity (Wildman–Crippen MR) is 102 cm³/mol. The Hall–Kier alpha value is -2.64. The maximum Gasteiger partial charge on any atom is 0.408 e. The second-order valence-corrected chi connectivity index (χ2v) is 7.74. The van der Waals surface area contributed by atoms with Gasteiger partial charge in [0.15, 0.2) is 0 Å². The molecule has 1 aromatic carbocycles. The molecule has 3 amide bonds. The lowest BCUT2D eigenvalue weighted by molar-refractivity contribution is -0.132. The molecular formula is C20H28FN3O4. The summed E-state index contributed by atoms with van der Waals surface area (Å²) < 4.78 is 18.9. The minimum absolute atomic E-state index is 0.000813. The first-order valence-corrected chi connectivity index (χ1v) is 9.41. The second kappa shape index (κ2) is 9.52. The van der Waals surface area contributed by atoms with Gasteiger partial charge in [-0.15, -0.1) is 0 Å². The van der Waals surface area contributed by atoms with Crippen molar-refractivity contribution < 1.29 is 23.5 Å². The van der Waals surface area contributed by atoms with E-state index in [1.807, 2.05) is 0 Å². The molecule has 0 aliphatic carbocycles. The van der Waals surface area contributed by atoms with Crippen molar-refractivity contribution in [3.8, 4) is 0 Å². The van der Waals surface area contributed by atoms with Gasteiger partial charge in [-0.05, 0) is 38.8 Å². The molecule has 0 spiro atoms. The predicted octanol–water partition coefficient (Wildman–Crippen LogP) is 1.95. The van der Waals surface area contributed by atoms with Crippen LogP contribution < -0.4 is 5.32 Å². The average Bonchev–Trinajstić information content (AvgIpc) is 2.86. The SMILES string of the molecule is CC(C)(C)OC(=O)NCC(=O)N1CCCN(C(=O)Cc2ccccc2F)CC1. The van der Waals surface area contributed by atoms with Crippen molar-refractivity contribution >= 4 is 17.9 Å². The molecule has 1 aromatic rings. The number of hydrogen-bond acceptors (Lipinski definition) is 4. The van der Waals surface area contributed by atoms with Crippen LogP contribution in [0.15, 0.2) is 24.3 Å². The van der Waals surface area contributed by atoms with Crippen molar-refractivity contribution in [3.05, 3.63) is 35.6 Å². The summed E-state index contributed by atoms with van der Waals surface area (Å²) in [5.41, 5.74) is -0.263. The van der Waals surface area contributed by atoms with Crippen LogP contribution in [0.25, 0.3) is 0 Å². The third kappa shape index (κ3) is 6.83. The van der Waals surface area contributed by atoms with E-state index in [-0.39, 0.29) is 24.8 Å². The maximum atomic E-state index is 13.7. The van der Waals surface area contributed by atoms with Crippen molar-refractivity contribution in [2.75, 3.05) is 32.7 Å². The van der Waals surface area contributed by atoms with Crippen LogP contribution in [0.3, 0.4) is 0 Å². The fraction of sp³-hybridized carbons (Fsp3) is 0.550. The highest BCUT2D eigenvalue weighted by atomic mass is 19.1. The summed E-state index contributed by atoms with van der Waals surface area (Å²) in [6.45, 7) is 6.85. The van der Waals surface area contributed by atoms with Gasteiger partial charge in [-0.3, -0.25) is 9.59 Å². The Bertz CT molecular complexity index is 718. The molecule has 1 heterocycles. The molecule has 7 nitrogen and oxygen atoms in total. The number of nitrogens with one attached hydrogen (secondary N) is 1. The number of carbonyl (C=O) groups is 3. The monoisotopic (exact) mass is 393 g/mol. The van der Waals surface area contributed by atoms with Crippen LogP contribution in [0.5, 0.6) is 0 Å². The van der Waals surface area contributed by atoms with Crippen molar-refractivity contribution in [3.63, 3.8) is 0 Å². The standard InChI is InChI=1S/C20H28FN3O4/c1-20(2,3)28-19(27)22-14-18(26)24-10-6-9-23(11-12-24)17(25)13-15-7-4-5-8-16(15)21/h4-5,7-8H,6,9-14H2,1-3H3,(H,22,27). The van der Waals surface area contributed by atoms with E-state index in [0.717, 1.165) is 0 Å². The molecule has 2 rings (SSSR count). The van der Waals surface area contributed by atoms with Crippen LogP contribution in [0.4, 0.5) is 9.18 Å². The summed E-state index contributed by atoms with van der Waals surface area (Å²) >= 11 is 0. The highest BCUT2D eigenvalue weighted by Crippen LogP contribution is 2.11. The lowest BCUT2D eigenvalue weighted by Crippen LogP contribution is -2.43. The molecule has 154 valence electrons. The Morgan fingerprint density at radius 3 is 2.25 bits per heavy atom. The Kier molecular flexibility index (Phi) is 7.37. The van der Waals surface area contributed by atoms with Crippen molar-refractivity contribution in [1.29, 1.82) is 0 Å². The van der Waals surface area contributed by atoms with Gasteiger partial charge in [0.2, 0.25) is 11.8 Å². The number of nitrogens with zero attached hydrogens (tertiary/aromatic N) is 2. The van der Waals surface area contributed by atoms with E-state index in [1.165, 1.54) is 6.07 Å². The molecule has 0 unspecified atom stereocenters. The Morgan fingerprint density at radius 1 is 1.04 bits per heavy atom. The summed E-state index contributed by atoms with van der Waals surface area (Å²) in [5, 5.41) is 2.45. The molecule has 1 aliphatic heterocycles. The zero-order chi connectivity index (χ0) is 20.7. The number of benzene rings is 1. The van der Waals surface area contributed by atoms with E-state index < -0.39 is 17.5 Å². The fourth-order valence-electron chi connectivity index (χ4n) is 2.91. The highest BCUT2D eigenvalue weighted by molar-refractivity contribution is 5.82. The molecule has 0 aromatic heterocycles. The summed E-state index contributed by atoms with van der Waals surface area (Å²) in [4.78, 5) is 39.8. The van der Waals surface area contributed by atoms with E-state index in [9.17, 15) is 18.8 Å². The molecule has 1 saturated heterocycles. The third-order valence-electron chi connectivity index (χ3n) is 4.28. The Morgan fingerprint density at radius 2 is 1.64 bits per heavy atom. The van der Waals surface area contributed by atoms with E-state index in [2.05, 4.69) is 5.32 Å². The molecule has 1 N–H and O–H groups in total. The zero-order valence-corrected chi connectivity index (χ0v) is 16.7. The Balaban J connectivity index is 1.82. The Labute approximate surface area is 164 Å². The van der Waals surface area contributed by atoms with Gasteiger partial charge in [0.1, 0.15) is 18.0 Å². The van der Waals surface area contributed by atoms with Crippen LogP contribution in [-0.4, -0.2) is 66.0 Å². The topological polar surface area (TPSA) is 79.0 Å². The van der Waals surface area contributed by atoms with E-state index in [1.54, 1.807) is 48.8 Å². The first-order valence-electron chi connectivity index (χ1n) is 9.41. The first kappa shape index (κ1) is 21.7. The normalized spacial score (nSPS) is 15.0. The second-order valence-electron chi connectivity index (χ2n) is 7.74. The summed E-state index contributed by atoms with van der Waals surface area (Å²) in [6.07, 6.45) is -0.0143. The molecule has 1 fully saturated rings. The summed E-state index contributed by atoms with van der Waals surface area (Å²) in [6, 6.07) is 6.22.